The number of alkyl halides is 3. The smallest absolute Gasteiger partial charge is 0.382 e. The first-order valence-corrected chi connectivity index (χ1v) is 10.2. The number of aromatic amines is 1. The van der Waals surface area contributed by atoms with Crippen molar-refractivity contribution >= 4 is 23.2 Å². The molecule has 0 aliphatic rings. The lowest BCUT2D eigenvalue weighted by atomic mass is 10.2. The fourth-order valence-electron chi connectivity index (χ4n) is 3.07. The number of nitrogens with one attached hydrogen (secondary N) is 1. The number of rotatable bonds is 6. The predicted molar refractivity (Wildman–Crippen MR) is 115 cm³/mol. The van der Waals surface area contributed by atoms with Gasteiger partial charge in [-0.1, -0.05) is 35.3 Å². The highest BCUT2D eigenvalue weighted by Gasteiger charge is 2.39. The zero-order valence-corrected chi connectivity index (χ0v) is 18.1. The van der Waals surface area contributed by atoms with Gasteiger partial charge in [-0.15, -0.1) is 5.10 Å². The van der Waals surface area contributed by atoms with Crippen molar-refractivity contribution < 1.29 is 18.3 Å². The van der Waals surface area contributed by atoms with E-state index in [4.69, 9.17) is 23.2 Å². The Bertz CT molecular complexity index is 1330. The van der Waals surface area contributed by atoms with E-state index in [2.05, 4.69) is 20.3 Å². The summed E-state index contributed by atoms with van der Waals surface area (Å²) in [5.41, 5.74) is 0.0487. The van der Waals surface area contributed by atoms with Crippen molar-refractivity contribution in [2.24, 2.45) is 0 Å². The molecule has 2 N–H and O–H groups in total. The number of hydrogen-bond donors (Lipinski definition) is 2. The Kier molecular flexibility index (Phi) is 6.28. The van der Waals surface area contributed by atoms with Crippen LogP contribution in [0.3, 0.4) is 0 Å². The molecule has 0 fully saturated rings. The summed E-state index contributed by atoms with van der Waals surface area (Å²) in [6.45, 7) is -1.23. The van der Waals surface area contributed by atoms with Gasteiger partial charge in [0.2, 0.25) is 0 Å². The van der Waals surface area contributed by atoms with Gasteiger partial charge in [0, 0.05) is 16.1 Å². The molecule has 0 saturated heterocycles. The molecule has 0 unspecified atom stereocenters. The molecule has 4 aromatic rings. The second-order valence-electron chi connectivity index (χ2n) is 7.02. The van der Waals surface area contributed by atoms with Crippen molar-refractivity contribution in [3.63, 3.8) is 0 Å². The number of aliphatic hydroxyl groups is 1. The Labute approximate surface area is 194 Å². The Morgan fingerprint density at radius 2 is 1.79 bits per heavy atom. The van der Waals surface area contributed by atoms with E-state index in [1.165, 1.54) is 24.3 Å². The molecular weight excluding hydrogens is 484 g/mol. The van der Waals surface area contributed by atoms with Gasteiger partial charge in [-0.2, -0.15) is 18.3 Å². The summed E-state index contributed by atoms with van der Waals surface area (Å²) in [7, 11) is 0. The van der Waals surface area contributed by atoms with Crippen molar-refractivity contribution in [1.82, 2.24) is 29.5 Å². The number of H-pyrrole nitrogens is 1. The highest BCUT2D eigenvalue weighted by molar-refractivity contribution is 6.33. The van der Waals surface area contributed by atoms with Crippen molar-refractivity contribution in [3.8, 4) is 22.8 Å². The van der Waals surface area contributed by atoms with Gasteiger partial charge in [-0.3, -0.25) is 9.67 Å². The molecule has 2 aromatic heterocycles. The predicted octanol–water partition coefficient (Wildman–Crippen LogP) is 3.78. The number of halogens is 5. The summed E-state index contributed by atoms with van der Waals surface area (Å²) in [4.78, 5) is 17.2. The first kappa shape index (κ1) is 23.0. The van der Waals surface area contributed by atoms with E-state index in [-0.39, 0.29) is 24.0 Å². The molecule has 0 aliphatic carbocycles. The number of aromatic nitrogens is 6. The molecule has 0 radical (unpaired) electrons. The molecule has 1 atom stereocenters. The molecule has 0 saturated carbocycles. The normalized spacial score (nSPS) is 12.8. The van der Waals surface area contributed by atoms with Crippen LogP contribution in [0.1, 0.15) is 5.82 Å². The van der Waals surface area contributed by atoms with Crippen LogP contribution in [0.15, 0.2) is 53.3 Å². The third-order valence-corrected chi connectivity index (χ3v) is 5.29. The van der Waals surface area contributed by atoms with Gasteiger partial charge in [0.25, 0.3) is 0 Å². The van der Waals surface area contributed by atoms with E-state index >= 15 is 0 Å². The molecule has 13 heteroatoms. The van der Waals surface area contributed by atoms with Crippen LogP contribution in [-0.4, -0.2) is 46.9 Å². The summed E-state index contributed by atoms with van der Waals surface area (Å²) in [5.74, 6) is 0.454. The first-order valence-electron chi connectivity index (χ1n) is 9.48. The van der Waals surface area contributed by atoms with Gasteiger partial charge < -0.3 is 5.11 Å². The van der Waals surface area contributed by atoms with Crippen LogP contribution in [0.25, 0.3) is 22.8 Å². The highest BCUT2D eigenvalue weighted by atomic mass is 35.5. The fraction of sp³-hybridized carbons (Fsp3) is 0.200. The number of nitrogens with zero attached hydrogens (tertiary/aromatic N) is 5. The standard InChI is InChI=1S/C20H15Cl2F3N6O2/c21-12-7-5-11(6-8-12)18-29-31(19(33)30(18)9-15(32)20(23,24)25)10-16-26-17(28-27-16)13-3-1-2-4-14(13)22/h1-8,15,32H,9-10H2,(H,26,27,28)/t15-/m0/s1. The van der Waals surface area contributed by atoms with Crippen molar-refractivity contribution in [1.29, 1.82) is 0 Å². The monoisotopic (exact) mass is 498 g/mol. The van der Waals surface area contributed by atoms with Gasteiger partial charge in [0.05, 0.1) is 11.6 Å². The molecule has 0 aliphatic heterocycles. The van der Waals surface area contributed by atoms with E-state index in [0.717, 1.165) is 9.25 Å². The molecular formula is C20H15Cl2F3N6O2. The summed E-state index contributed by atoms with van der Waals surface area (Å²) in [6, 6.07) is 12.9. The van der Waals surface area contributed by atoms with E-state index in [0.29, 0.717) is 21.2 Å². The lowest BCUT2D eigenvalue weighted by Gasteiger charge is -2.15. The van der Waals surface area contributed by atoms with Gasteiger partial charge >= 0.3 is 11.9 Å². The molecule has 0 bridgehead atoms. The first-order chi connectivity index (χ1) is 15.6. The molecule has 8 nitrogen and oxygen atoms in total. The molecule has 33 heavy (non-hydrogen) atoms. The Morgan fingerprint density at radius 1 is 1.09 bits per heavy atom. The molecule has 2 aromatic carbocycles. The van der Waals surface area contributed by atoms with E-state index in [9.17, 15) is 23.1 Å². The Morgan fingerprint density at radius 3 is 2.45 bits per heavy atom. The van der Waals surface area contributed by atoms with E-state index in [1.54, 1.807) is 24.3 Å². The molecule has 4 rings (SSSR count). The van der Waals surface area contributed by atoms with Crippen molar-refractivity contribution in [3.05, 3.63) is 74.9 Å². The minimum absolute atomic E-state index is 0.0641. The summed E-state index contributed by atoms with van der Waals surface area (Å²) >= 11 is 12.0. The number of hydrogen-bond acceptors (Lipinski definition) is 5. The third kappa shape index (κ3) is 4.95. The van der Waals surface area contributed by atoms with Crippen LogP contribution >= 0.6 is 23.2 Å². The fourth-order valence-corrected chi connectivity index (χ4v) is 3.41. The highest BCUT2D eigenvalue weighted by Crippen LogP contribution is 2.25. The zero-order valence-electron chi connectivity index (χ0n) is 16.6. The Balaban J connectivity index is 1.71. The minimum atomic E-state index is -4.91. The van der Waals surface area contributed by atoms with Crippen LogP contribution in [-0.2, 0) is 13.1 Å². The Hall–Kier alpha value is -3.15. The van der Waals surface area contributed by atoms with Crippen LogP contribution in [0.5, 0.6) is 0 Å². The summed E-state index contributed by atoms with van der Waals surface area (Å²) < 4.78 is 40.6. The van der Waals surface area contributed by atoms with Crippen molar-refractivity contribution in [2.45, 2.75) is 25.4 Å². The number of aliphatic hydroxyl groups excluding tert-OH is 1. The van der Waals surface area contributed by atoms with Crippen LogP contribution in [0.2, 0.25) is 10.0 Å². The maximum absolute atomic E-state index is 13.0. The SMILES string of the molecule is O=c1n(Cc2nc(-c3ccccc3Cl)n[nH]2)nc(-c2ccc(Cl)cc2)n1C[C@H](O)C(F)(F)F. The number of benzene rings is 2. The van der Waals surface area contributed by atoms with Gasteiger partial charge in [-0.05, 0) is 36.4 Å². The lowest BCUT2D eigenvalue weighted by Crippen LogP contribution is -2.37. The summed E-state index contributed by atoms with van der Waals surface area (Å²) in [6.07, 6.45) is -7.66. The lowest BCUT2D eigenvalue weighted by molar-refractivity contribution is -0.207. The van der Waals surface area contributed by atoms with Crippen LogP contribution < -0.4 is 5.69 Å². The average Bonchev–Trinajstić information content (AvgIpc) is 3.34. The largest absolute Gasteiger partial charge is 0.416 e. The maximum Gasteiger partial charge on any atom is 0.416 e. The molecule has 0 amide bonds. The maximum atomic E-state index is 13.0. The second kappa shape index (κ2) is 9.00. The quantitative estimate of drug-likeness (QED) is 0.421. The molecule has 0 spiro atoms. The van der Waals surface area contributed by atoms with Crippen LogP contribution in [0.4, 0.5) is 13.2 Å². The van der Waals surface area contributed by atoms with Gasteiger partial charge in [0.1, 0.15) is 12.4 Å². The third-order valence-electron chi connectivity index (χ3n) is 4.70. The average molecular weight is 499 g/mol. The minimum Gasteiger partial charge on any atom is -0.382 e. The zero-order chi connectivity index (χ0) is 23.8. The topological polar surface area (TPSA) is 102 Å². The molecule has 172 valence electrons. The van der Waals surface area contributed by atoms with E-state index in [1.807, 2.05) is 0 Å². The second-order valence-corrected chi connectivity index (χ2v) is 7.87. The van der Waals surface area contributed by atoms with Gasteiger partial charge in [-0.25, -0.2) is 14.5 Å². The molecule has 2 heterocycles. The van der Waals surface area contributed by atoms with E-state index < -0.39 is 24.5 Å². The van der Waals surface area contributed by atoms with Gasteiger partial charge in [0.15, 0.2) is 17.8 Å². The van der Waals surface area contributed by atoms with Crippen molar-refractivity contribution in [2.75, 3.05) is 0 Å². The van der Waals surface area contributed by atoms with Crippen LogP contribution in [0, 0.1) is 0 Å². The summed E-state index contributed by atoms with van der Waals surface area (Å²) in [5, 5.41) is 21.3.